The van der Waals surface area contributed by atoms with Crippen LogP contribution in [0, 0.1) is 17.2 Å². The van der Waals surface area contributed by atoms with Gasteiger partial charge in [-0.25, -0.2) is 0 Å². The highest BCUT2D eigenvalue weighted by Crippen LogP contribution is 2.17. The largest absolute Gasteiger partial charge is 0.198 e. The minimum Gasteiger partial charge on any atom is -0.198 e. The van der Waals surface area contributed by atoms with E-state index in [4.69, 9.17) is 5.26 Å². The van der Waals surface area contributed by atoms with Crippen molar-refractivity contribution < 1.29 is 0 Å². The molecule has 23 heavy (non-hydrogen) atoms. The van der Waals surface area contributed by atoms with Crippen LogP contribution in [-0.2, 0) is 0 Å². The highest BCUT2D eigenvalue weighted by Gasteiger charge is 2.04. The summed E-state index contributed by atoms with van der Waals surface area (Å²) in [4.78, 5) is 0. The molecule has 0 bridgehead atoms. The van der Waals surface area contributed by atoms with Crippen molar-refractivity contribution in [1.29, 1.82) is 5.26 Å². The van der Waals surface area contributed by atoms with Gasteiger partial charge in [-0.3, -0.25) is 0 Å². The fraction of sp³-hybridized carbons (Fsp3) is 0.955. The molecule has 0 N–H and O–H groups in total. The smallest absolute Gasteiger partial charge is 0.0655 e. The van der Waals surface area contributed by atoms with E-state index in [0.29, 0.717) is 5.92 Å². The Morgan fingerprint density at radius 2 is 0.913 bits per heavy atom. The van der Waals surface area contributed by atoms with Crippen LogP contribution in [0.25, 0.3) is 0 Å². The third-order valence-corrected chi connectivity index (χ3v) is 4.98. The molecule has 0 aromatic rings. The molecule has 0 amide bonds. The lowest BCUT2D eigenvalue weighted by molar-refractivity contribution is 0.490. The van der Waals surface area contributed by atoms with Crippen molar-refractivity contribution in [1.82, 2.24) is 0 Å². The SMILES string of the molecule is CCCCCCCCCCCCCCCCCC(C#N)CCC. The van der Waals surface area contributed by atoms with E-state index in [1.54, 1.807) is 0 Å². The molecule has 0 aromatic carbocycles. The quantitative estimate of drug-likeness (QED) is 0.233. The van der Waals surface area contributed by atoms with Gasteiger partial charge in [0.15, 0.2) is 0 Å². The average Bonchev–Trinajstić information content (AvgIpc) is 2.57. The summed E-state index contributed by atoms with van der Waals surface area (Å²) in [6.45, 7) is 4.46. The van der Waals surface area contributed by atoms with Crippen LogP contribution in [0.5, 0.6) is 0 Å². The lowest BCUT2D eigenvalue weighted by Gasteiger charge is -2.07. The van der Waals surface area contributed by atoms with Crippen LogP contribution in [0.3, 0.4) is 0 Å². The Morgan fingerprint density at radius 1 is 0.522 bits per heavy atom. The Labute approximate surface area is 147 Å². The van der Waals surface area contributed by atoms with Gasteiger partial charge in [-0.05, 0) is 12.8 Å². The molecular formula is C22H43N. The predicted octanol–water partition coefficient (Wildman–Crippen LogP) is 8.19. The van der Waals surface area contributed by atoms with Crippen molar-refractivity contribution in [3.63, 3.8) is 0 Å². The second-order valence-corrected chi connectivity index (χ2v) is 7.35. The normalized spacial score (nSPS) is 12.2. The van der Waals surface area contributed by atoms with Crippen LogP contribution in [0.15, 0.2) is 0 Å². The molecule has 0 spiro atoms. The van der Waals surface area contributed by atoms with Crippen molar-refractivity contribution >= 4 is 0 Å². The van der Waals surface area contributed by atoms with E-state index in [2.05, 4.69) is 19.9 Å². The van der Waals surface area contributed by atoms with Gasteiger partial charge in [-0.1, -0.05) is 117 Å². The van der Waals surface area contributed by atoms with E-state index in [1.165, 1.54) is 96.3 Å². The Bertz CT molecular complexity index is 253. The maximum Gasteiger partial charge on any atom is 0.0655 e. The van der Waals surface area contributed by atoms with E-state index in [-0.39, 0.29) is 0 Å². The molecule has 0 aliphatic carbocycles. The second-order valence-electron chi connectivity index (χ2n) is 7.35. The first kappa shape index (κ1) is 22.5. The summed E-state index contributed by atoms with van der Waals surface area (Å²) in [5.74, 6) is 0.321. The second kappa shape index (κ2) is 19.5. The molecule has 0 saturated carbocycles. The van der Waals surface area contributed by atoms with E-state index in [9.17, 15) is 0 Å². The van der Waals surface area contributed by atoms with Crippen molar-refractivity contribution in [2.24, 2.45) is 5.92 Å². The van der Waals surface area contributed by atoms with Crippen LogP contribution in [0.2, 0.25) is 0 Å². The molecule has 1 nitrogen and oxygen atoms in total. The molecule has 0 radical (unpaired) electrons. The number of hydrogen-bond donors (Lipinski definition) is 0. The fourth-order valence-electron chi connectivity index (χ4n) is 3.38. The number of hydrogen-bond acceptors (Lipinski definition) is 1. The summed E-state index contributed by atoms with van der Waals surface area (Å²) in [6.07, 6.45) is 24.6. The zero-order valence-corrected chi connectivity index (χ0v) is 16.3. The maximum absolute atomic E-state index is 9.02. The van der Waals surface area contributed by atoms with Crippen molar-refractivity contribution in [3.8, 4) is 6.07 Å². The molecule has 0 fully saturated rings. The molecule has 0 aliphatic rings. The Morgan fingerprint density at radius 3 is 1.26 bits per heavy atom. The molecular weight excluding hydrogens is 278 g/mol. The van der Waals surface area contributed by atoms with Gasteiger partial charge < -0.3 is 0 Å². The minimum atomic E-state index is 0.321. The van der Waals surface area contributed by atoms with Crippen molar-refractivity contribution in [2.45, 2.75) is 129 Å². The van der Waals surface area contributed by atoms with Crippen LogP contribution < -0.4 is 0 Å². The fourth-order valence-corrected chi connectivity index (χ4v) is 3.38. The molecule has 1 unspecified atom stereocenters. The summed E-state index contributed by atoms with van der Waals surface area (Å²) in [7, 11) is 0. The third kappa shape index (κ3) is 17.7. The van der Waals surface area contributed by atoms with E-state index in [0.717, 1.165) is 19.3 Å². The third-order valence-electron chi connectivity index (χ3n) is 4.98. The summed E-state index contributed by atoms with van der Waals surface area (Å²) in [5.41, 5.74) is 0. The Kier molecular flexibility index (Phi) is 19.1. The van der Waals surface area contributed by atoms with Crippen LogP contribution in [0.1, 0.15) is 129 Å². The first-order chi connectivity index (χ1) is 11.3. The highest BCUT2D eigenvalue weighted by molar-refractivity contribution is 4.81. The molecule has 0 heterocycles. The zero-order valence-electron chi connectivity index (χ0n) is 16.3. The molecule has 1 heteroatoms. The average molecular weight is 322 g/mol. The number of rotatable bonds is 18. The summed E-state index contributed by atoms with van der Waals surface area (Å²) in [6, 6.07) is 2.45. The molecule has 0 aliphatic heterocycles. The lowest BCUT2D eigenvalue weighted by atomic mass is 9.97. The standard InChI is InChI=1S/C22H43N/c1-3-5-6-7-8-9-10-11-12-13-14-15-16-17-18-20-22(21-23)19-4-2/h22H,3-20H2,1-2H3. The minimum absolute atomic E-state index is 0.321. The van der Waals surface area contributed by atoms with Crippen molar-refractivity contribution in [3.05, 3.63) is 0 Å². The van der Waals surface area contributed by atoms with Gasteiger partial charge in [0.05, 0.1) is 6.07 Å². The monoisotopic (exact) mass is 321 g/mol. The van der Waals surface area contributed by atoms with Crippen molar-refractivity contribution in [2.75, 3.05) is 0 Å². The van der Waals surface area contributed by atoms with E-state index < -0.39 is 0 Å². The summed E-state index contributed by atoms with van der Waals surface area (Å²) < 4.78 is 0. The highest BCUT2D eigenvalue weighted by atomic mass is 14.3. The van der Waals surface area contributed by atoms with Gasteiger partial charge in [0.1, 0.15) is 0 Å². The topological polar surface area (TPSA) is 23.8 Å². The lowest BCUT2D eigenvalue weighted by Crippen LogP contribution is -1.96. The van der Waals surface area contributed by atoms with Gasteiger partial charge in [-0.2, -0.15) is 5.26 Å². The van der Waals surface area contributed by atoms with Gasteiger partial charge in [0.2, 0.25) is 0 Å². The van der Waals surface area contributed by atoms with Gasteiger partial charge in [-0.15, -0.1) is 0 Å². The van der Waals surface area contributed by atoms with Gasteiger partial charge >= 0.3 is 0 Å². The number of unbranched alkanes of at least 4 members (excludes halogenated alkanes) is 14. The summed E-state index contributed by atoms with van der Waals surface area (Å²) >= 11 is 0. The van der Waals surface area contributed by atoms with E-state index in [1.807, 2.05) is 0 Å². The summed E-state index contributed by atoms with van der Waals surface area (Å²) in [5, 5.41) is 9.02. The van der Waals surface area contributed by atoms with Crippen LogP contribution in [0.4, 0.5) is 0 Å². The molecule has 136 valence electrons. The first-order valence-corrected chi connectivity index (χ1v) is 10.7. The Hall–Kier alpha value is -0.510. The first-order valence-electron chi connectivity index (χ1n) is 10.7. The molecule has 1 atom stereocenters. The molecule has 0 saturated heterocycles. The Balaban J connectivity index is 3.09. The van der Waals surface area contributed by atoms with Crippen LogP contribution >= 0.6 is 0 Å². The number of nitrogens with zero attached hydrogens (tertiary/aromatic N) is 1. The number of nitriles is 1. The zero-order chi connectivity index (χ0) is 17.0. The maximum atomic E-state index is 9.02. The van der Waals surface area contributed by atoms with Gasteiger partial charge in [0, 0.05) is 5.92 Å². The van der Waals surface area contributed by atoms with E-state index >= 15 is 0 Å². The van der Waals surface area contributed by atoms with Gasteiger partial charge in [0.25, 0.3) is 0 Å². The molecule has 0 aromatic heterocycles. The predicted molar refractivity (Wildman–Crippen MR) is 104 cm³/mol. The van der Waals surface area contributed by atoms with Crippen LogP contribution in [-0.4, -0.2) is 0 Å². The molecule has 0 rings (SSSR count).